The highest BCUT2D eigenvalue weighted by atomic mass is 16.8. The standard InChI is InChI=1S/C27H39NO17/c1-11(29)28-20-23(21(39-14(4)32)18(9-37-12(2)30)43-26(20)36-8)45-27-25(42-17(7)35)24(41-16(6)34)22(40-15(5)33)19(44-27)10-38-13(3)31/h18-27H,9-10H2,1-8H3,(H,28,29)/t18-,19-,20-,21+,22+,23-,24+,25-,26+,27+/m1/s1. The van der Waals surface area contributed by atoms with Gasteiger partial charge >= 0.3 is 35.8 Å². The van der Waals surface area contributed by atoms with Gasteiger partial charge in [-0.3, -0.25) is 33.6 Å². The van der Waals surface area contributed by atoms with E-state index in [-0.39, 0.29) is 0 Å². The number of hydrogen-bond acceptors (Lipinski definition) is 17. The van der Waals surface area contributed by atoms with Gasteiger partial charge < -0.3 is 52.7 Å². The first kappa shape index (κ1) is 37.3. The Morgan fingerprint density at radius 3 is 1.33 bits per heavy atom. The highest BCUT2D eigenvalue weighted by Gasteiger charge is 2.57. The molecule has 0 aromatic heterocycles. The third-order valence-corrected chi connectivity index (χ3v) is 6.24. The largest absolute Gasteiger partial charge is 0.463 e. The molecule has 0 radical (unpaired) electrons. The van der Waals surface area contributed by atoms with Gasteiger partial charge in [-0.15, -0.1) is 0 Å². The van der Waals surface area contributed by atoms with Crippen molar-refractivity contribution in [2.24, 2.45) is 0 Å². The second-order valence-corrected chi connectivity index (χ2v) is 10.0. The van der Waals surface area contributed by atoms with Gasteiger partial charge in [0.15, 0.2) is 37.0 Å². The number of esters is 6. The Labute approximate surface area is 258 Å². The van der Waals surface area contributed by atoms with Crippen LogP contribution in [0, 0.1) is 0 Å². The fourth-order valence-corrected chi connectivity index (χ4v) is 4.78. The molecular formula is C27H39NO17. The highest BCUT2D eigenvalue weighted by Crippen LogP contribution is 2.34. The number of carbonyl (C=O) groups excluding carboxylic acids is 7. The van der Waals surface area contributed by atoms with Gasteiger partial charge in [0.25, 0.3) is 0 Å². The molecule has 254 valence electrons. The van der Waals surface area contributed by atoms with E-state index in [0.717, 1.165) is 41.5 Å². The van der Waals surface area contributed by atoms with Gasteiger partial charge in [0.2, 0.25) is 5.91 Å². The van der Waals surface area contributed by atoms with Crippen molar-refractivity contribution in [3.63, 3.8) is 0 Å². The van der Waals surface area contributed by atoms with E-state index in [1.165, 1.54) is 14.0 Å². The molecule has 2 heterocycles. The summed E-state index contributed by atoms with van der Waals surface area (Å²) in [6.45, 7) is 6.70. The molecule has 2 fully saturated rings. The summed E-state index contributed by atoms with van der Waals surface area (Å²) in [5, 5.41) is 2.60. The van der Waals surface area contributed by atoms with Crippen LogP contribution in [0.15, 0.2) is 0 Å². The van der Waals surface area contributed by atoms with E-state index in [2.05, 4.69) is 5.32 Å². The van der Waals surface area contributed by atoms with Gasteiger partial charge in [-0.25, -0.2) is 0 Å². The SMILES string of the molecule is CO[C@H]1O[C@H](COC(C)=O)[C@H](OC(C)=O)[C@H](O[C@@H]2O[C@H](COC(C)=O)[C@H](OC(C)=O)[C@H](OC(C)=O)[C@H]2OC(C)=O)[C@H]1NC(C)=O. The van der Waals surface area contributed by atoms with Crippen molar-refractivity contribution in [3.05, 3.63) is 0 Å². The molecule has 2 rings (SSSR count). The Balaban J connectivity index is 2.70. The molecule has 45 heavy (non-hydrogen) atoms. The molecule has 10 atom stereocenters. The number of rotatable bonds is 12. The van der Waals surface area contributed by atoms with E-state index in [1.807, 2.05) is 0 Å². The fraction of sp³-hybridized carbons (Fsp3) is 0.741. The van der Waals surface area contributed by atoms with Crippen LogP contribution in [-0.2, 0) is 80.9 Å². The fourth-order valence-electron chi connectivity index (χ4n) is 4.78. The number of hydrogen-bond donors (Lipinski definition) is 1. The maximum absolute atomic E-state index is 12.3. The molecule has 0 bridgehead atoms. The molecule has 18 heteroatoms. The minimum Gasteiger partial charge on any atom is -0.463 e. The Morgan fingerprint density at radius 2 is 0.933 bits per heavy atom. The van der Waals surface area contributed by atoms with Crippen LogP contribution in [0.1, 0.15) is 48.5 Å². The normalized spacial score (nSPS) is 31.0. The van der Waals surface area contributed by atoms with Gasteiger partial charge in [0, 0.05) is 55.6 Å². The highest BCUT2D eigenvalue weighted by molar-refractivity contribution is 5.73. The third-order valence-electron chi connectivity index (χ3n) is 6.24. The third kappa shape index (κ3) is 11.2. The summed E-state index contributed by atoms with van der Waals surface area (Å²) < 4.78 is 55.5. The van der Waals surface area contributed by atoms with Crippen LogP contribution in [-0.4, -0.2) is 123 Å². The van der Waals surface area contributed by atoms with Crippen molar-refractivity contribution in [1.29, 1.82) is 0 Å². The lowest BCUT2D eigenvalue weighted by molar-refractivity contribution is -0.345. The second kappa shape index (κ2) is 17.0. The van der Waals surface area contributed by atoms with Crippen LogP contribution >= 0.6 is 0 Å². The van der Waals surface area contributed by atoms with Crippen LogP contribution in [0.3, 0.4) is 0 Å². The molecule has 18 nitrogen and oxygen atoms in total. The zero-order valence-corrected chi connectivity index (χ0v) is 26.1. The number of methoxy groups -OCH3 is 1. The molecule has 0 aromatic rings. The van der Waals surface area contributed by atoms with E-state index in [0.29, 0.717) is 0 Å². The minimum atomic E-state index is -1.73. The maximum atomic E-state index is 12.3. The average Bonchev–Trinajstić information content (AvgIpc) is 2.90. The van der Waals surface area contributed by atoms with Gasteiger partial charge in [0.05, 0.1) is 0 Å². The molecule has 1 N–H and O–H groups in total. The first-order chi connectivity index (χ1) is 21.0. The molecule has 1 amide bonds. The molecule has 2 saturated heterocycles. The predicted molar refractivity (Wildman–Crippen MR) is 142 cm³/mol. The molecule has 0 saturated carbocycles. The number of amides is 1. The van der Waals surface area contributed by atoms with E-state index >= 15 is 0 Å². The Morgan fingerprint density at radius 1 is 0.533 bits per heavy atom. The van der Waals surface area contributed by atoms with E-state index in [9.17, 15) is 33.6 Å². The number of nitrogens with one attached hydrogen (secondary N) is 1. The smallest absolute Gasteiger partial charge is 0.303 e. The summed E-state index contributed by atoms with van der Waals surface area (Å²) in [5.41, 5.74) is 0. The first-order valence-corrected chi connectivity index (χ1v) is 13.8. The Bertz CT molecular complexity index is 1110. The Hall–Kier alpha value is -3.87. The van der Waals surface area contributed by atoms with Crippen molar-refractivity contribution >= 4 is 41.7 Å². The van der Waals surface area contributed by atoms with Crippen LogP contribution in [0.2, 0.25) is 0 Å². The van der Waals surface area contributed by atoms with Crippen molar-refractivity contribution in [3.8, 4) is 0 Å². The lowest BCUT2D eigenvalue weighted by Crippen LogP contribution is -2.69. The topological polar surface area (TPSA) is 224 Å². The lowest BCUT2D eigenvalue weighted by atomic mass is 9.94. The predicted octanol–water partition coefficient (Wildman–Crippen LogP) is -1.17. The lowest BCUT2D eigenvalue weighted by Gasteiger charge is -2.49. The summed E-state index contributed by atoms with van der Waals surface area (Å²) >= 11 is 0. The molecule has 0 aromatic carbocycles. The monoisotopic (exact) mass is 649 g/mol. The molecule has 2 aliphatic heterocycles. The summed E-state index contributed by atoms with van der Waals surface area (Å²) in [4.78, 5) is 84.3. The van der Waals surface area contributed by atoms with Gasteiger partial charge in [-0.1, -0.05) is 0 Å². The molecule has 0 spiro atoms. The zero-order chi connectivity index (χ0) is 34.0. The van der Waals surface area contributed by atoms with Crippen LogP contribution in [0.25, 0.3) is 0 Å². The van der Waals surface area contributed by atoms with Gasteiger partial charge in [0.1, 0.15) is 37.6 Å². The maximum Gasteiger partial charge on any atom is 0.303 e. The zero-order valence-electron chi connectivity index (χ0n) is 26.1. The van der Waals surface area contributed by atoms with Gasteiger partial charge in [-0.05, 0) is 0 Å². The van der Waals surface area contributed by atoms with Crippen molar-refractivity contribution in [1.82, 2.24) is 5.32 Å². The van der Waals surface area contributed by atoms with Gasteiger partial charge in [-0.2, -0.15) is 0 Å². The second-order valence-electron chi connectivity index (χ2n) is 10.0. The molecule has 2 aliphatic rings. The van der Waals surface area contributed by atoms with Crippen molar-refractivity contribution in [2.45, 2.75) is 110 Å². The van der Waals surface area contributed by atoms with Crippen molar-refractivity contribution in [2.75, 3.05) is 20.3 Å². The van der Waals surface area contributed by atoms with E-state index in [1.54, 1.807) is 0 Å². The van der Waals surface area contributed by atoms with Crippen molar-refractivity contribution < 1.29 is 80.9 Å². The molecule has 0 aliphatic carbocycles. The summed E-state index contributed by atoms with van der Waals surface area (Å²) in [7, 11) is 1.25. The summed E-state index contributed by atoms with van der Waals surface area (Å²) in [6, 6.07) is -1.24. The molecule has 0 unspecified atom stereocenters. The van der Waals surface area contributed by atoms with Crippen LogP contribution in [0.5, 0.6) is 0 Å². The first-order valence-electron chi connectivity index (χ1n) is 13.8. The van der Waals surface area contributed by atoms with E-state index < -0.39 is 116 Å². The minimum absolute atomic E-state index is 0.446. The number of carbonyl (C=O) groups is 7. The number of ether oxygens (including phenoxy) is 10. The molecular weight excluding hydrogens is 610 g/mol. The van der Waals surface area contributed by atoms with Crippen LogP contribution in [0.4, 0.5) is 0 Å². The quantitative estimate of drug-likeness (QED) is 0.194. The van der Waals surface area contributed by atoms with E-state index in [4.69, 9.17) is 47.4 Å². The average molecular weight is 650 g/mol. The summed E-state index contributed by atoms with van der Waals surface area (Å²) in [6.07, 6.45) is -13.1. The Kier molecular flexibility index (Phi) is 14.1. The van der Waals surface area contributed by atoms with Crippen LogP contribution < -0.4 is 5.32 Å². The summed E-state index contributed by atoms with van der Waals surface area (Å²) in [5.74, 6) is -5.41.